The molecular formula is C8H12N4O6S. The molecule has 0 spiro atoms. The molecule has 1 aromatic rings. The Morgan fingerprint density at radius 2 is 1.84 bits per heavy atom. The molecule has 0 aliphatic heterocycles. The summed E-state index contributed by atoms with van der Waals surface area (Å²) in [5.41, 5.74) is 11.5. The second-order valence-corrected chi connectivity index (χ2v) is 4.11. The first-order valence-corrected chi connectivity index (χ1v) is 5.95. The summed E-state index contributed by atoms with van der Waals surface area (Å²) in [5, 5.41) is 10.4. The number of nitro groups is 1. The first-order chi connectivity index (χ1) is 8.50. The van der Waals surface area contributed by atoms with Crippen LogP contribution in [0.2, 0.25) is 0 Å². The normalized spacial score (nSPS) is 10.1. The number of rotatable bonds is 2. The van der Waals surface area contributed by atoms with Gasteiger partial charge in [0.1, 0.15) is 0 Å². The van der Waals surface area contributed by atoms with Crippen LogP contribution in [0.5, 0.6) is 0 Å². The zero-order valence-corrected chi connectivity index (χ0v) is 10.5. The number of hydrogen-bond donors (Lipinski definition) is 4. The third-order valence-corrected chi connectivity index (χ3v) is 1.65. The number of benzene rings is 1. The molecule has 10 nitrogen and oxygen atoms in total. The first-order valence-electron chi connectivity index (χ1n) is 4.55. The van der Waals surface area contributed by atoms with Crippen LogP contribution in [0.25, 0.3) is 0 Å². The van der Waals surface area contributed by atoms with Crippen LogP contribution in [-0.2, 0) is 10.4 Å². The predicted molar refractivity (Wildman–Crippen MR) is 67.5 cm³/mol. The van der Waals surface area contributed by atoms with Crippen LogP contribution < -0.4 is 11.5 Å². The number of nitrogens with zero attached hydrogens (tertiary/aromatic N) is 2. The number of nitro benzene ring substituents is 1. The number of aryl methyl sites for hydroxylation is 1. The molecule has 0 atom stereocenters. The Balaban J connectivity index is 0.000000555. The minimum Gasteiger partial charge on any atom is -0.370 e. The highest BCUT2D eigenvalue weighted by Gasteiger charge is 2.07. The molecule has 0 bridgehead atoms. The molecule has 19 heavy (non-hydrogen) atoms. The summed E-state index contributed by atoms with van der Waals surface area (Å²) >= 11 is 0. The van der Waals surface area contributed by atoms with Gasteiger partial charge in [-0.2, -0.15) is 8.42 Å². The molecule has 6 N–H and O–H groups in total. The Bertz CT molecular complexity index is 585. The van der Waals surface area contributed by atoms with Crippen LogP contribution in [0.15, 0.2) is 23.2 Å². The summed E-state index contributed by atoms with van der Waals surface area (Å²) in [4.78, 5) is 13.7. The standard InChI is InChI=1S/C8H10N4O2.H2O4S/c1-5-2-3-6(12(13)14)4-7(5)11-8(9)10;1-5(2,3)4/h2-4H,1H3,(H4,9,10,11);(H2,1,2,3,4). The van der Waals surface area contributed by atoms with E-state index in [1.807, 2.05) is 0 Å². The van der Waals surface area contributed by atoms with Crippen molar-refractivity contribution in [2.45, 2.75) is 6.92 Å². The Labute approximate surface area is 108 Å². The molecule has 1 aromatic carbocycles. The average molecular weight is 292 g/mol. The monoisotopic (exact) mass is 292 g/mol. The van der Waals surface area contributed by atoms with Crippen LogP contribution in [-0.4, -0.2) is 28.4 Å². The van der Waals surface area contributed by atoms with Gasteiger partial charge in [0.2, 0.25) is 0 Å². The van der Waals surface area contributed by atoms with Crippen molar-refractivity contribution in [2.75, 3.05) is 0 Å². The van der Waals surface area contributed by atoms with Gasteiger partial charge in [0.15, 0.2) is 5.96 Å². The van der Waals surface area contributed by atoms with Gasteiger partial charge < -0.3 is 11.5 Å². The molecule has 0 saturated carbocycles. The third-order valence-electron chi connectivity index (χ3n) is 1.65. The molecule has 0 radical (unpaired) electrons. The Morgan fingerprint density at radius 1 is 1.37 bits per heavy atom. The lowest BCUT2D eigenvalue weighted by Gasteiger charge is -1.99. The van der Waals surface area contributed by atoms with Crippen molar-refractivity contribution in [3.63, 3.8) is 0 Å². The molecule has 0 heterocycles. The van der Waals surface area contributed by atoms with Crippen LogP contribution in [0.1, 0.15) is 5.56 Å². The summed E-state index contributed by atoms with van der Waals surface area (Å²) in [5.74, 6) is -0.117. The number of hydrogen-bond acceptors (Lipinski definition) is 5. The highest BCUT2D eigenvalue weighted by Crippen LogP contribution is 2.23. The fourth-order valence-corrected chi connectivity index (χ4v) is 0.971. The van der Waals surface area contributed by atoms with E-state index in [4.69, 9.17) is 29.0 Å². The second-order valence-electron chi connectivity index (χ2n) is 3.21. The van der Waals surface area contributed by atoms with Crippen LogP contribution in [0, 0.1) is 17.0 Å². The van der Waals surface area contributed by atoms with Crippen molar-refractivity contribution in [1.82, 2.24) is 0 Å². The van der Waals surface area contributed by atoms with E-state index in [-0.39, 0.29) is 11.6 Å². The summed E-state index contributed by atoms with van der Waals surface area (Å²) in [6.45, 7) is 1.77. The van der Waals surface area contributed by atoms with Gasteiger partial charge >= 0.3 is 10.4 Å². The van der Waals surface area contributed by atoms with Gasteiger partial charge in [-0.05, 0) is 12.5 Å². The zero-order valence-electron chi connectivity index (χ0n) is 9.72. The SMILES string of the molecule is Cc1ccc([N+](=O)[O-])cc1N=C(N)N.O=S(=O)(O)O. The predicted octanol–water partition coefficient (Wildman–Crippen LogP) is 0.155. The van der Waals surface area contributed by atoms with Crippen molar-refractivity contribution in [3.05, 3.63) is 33.9 Å². The van der Waals surface area contributed by atoms with Gasteiger partial charge in [-0.15, -0.1) is 0 Å². The van der Waals surface area contributed by atoms with Crippen molar-refractivity contribution < 1.29 is 22.4 Å². The van der Waals surface area contributed by atoms with Crippen molar-refractivity contribution in [1.29, 1.82) is 0 Å². The van der Waals surface area contributed by atoms with E-state index < -0.39 is 15.3 Å². The maximum Gasteiger partial charge on any atom is 0.394 e. The fourth-order valence-electron chi connectivity index (χ4n) is 0.971. The number of aliphatic imine (C=N–C) groups is 1. The third kappa shape index (κ3) is 8.48. The number of nitrogens with two attached hydrogens (primary N) is 2. The molecule has 0 saturated heterocycles. The van der Waals surface area contributed by atoms with E-state index >= 15 is 0 Å². The lowest BCUT2D eigenvalue weighted by molar-refractivity contribution is -0.384. The van der Waals surface area contributed by atoms with E-state index in [0.29, 0.717) is 5.69 Å². The molecule has 0 aliphatic rings. The molecule has 0 unspecified atom stereocenters. The maximum absolute atomic E-state index is 10.4. The highest BCUT2D eigenvalue weighted by atomic mass is 32.3. The topological polar surface area (TPSA) is 182 Å². The fraction of sp³-hybridized carbons (Fsp3) is 0.125. The molecule has 0 amide bonds. The number of non-ortho nitro benzene ring substituents is 1. The number of guanidine groups is 1. The average Bonchev–Trinajstić information content (AvgIpc) is 2.17. The van der Waals surface area contributed by atoms with Gasteiger partial charge in [-0.3, -0.25) is 19.2 Å². The van der Waals surface area contributed by atoms with Gasteiger partial charge in [-0.1, -0.05) is 6.07 Å². The van der Waals surface area contributed by atoms with E-state index in [9.17, 15) is 10.1 Å². The Hall–Kier alpha value is -2.24. The first kappa shape index (κ1) is 16.8. The van der Waals surface area contributed by atoms with E-state index in [2.05, 4.69) is 4.99 Å². The van der Waals surface area contributed by atoms with Crippen molar-refractivity contribution in [2.24, 2.45) is 16.5 Å². The van der Waals surface area contributed by atoms with E-state index in [1.54, 1.807) is 13.0 Å². The van der Waals surface area contributed by atoms with Gasteiger partial charge in [0.05, 0.1) is 10.6 Å². The van der Waals surface area contributed by atoms with Gasteiger partial charge in [0.25, 0.3) is 5.69 Å². The van der Waals surface area contributed by atoms with E-state index in [1.165, 1.54) is 12.1 Å². The molecular weight excluding hydrogens is 280 g/mol. The second kappa shape index (κ2) is 6.63. The molecule has 106 valence electrons. The smallest absolute Gasteiger partial charge is 0.370 e. The van der Waals surface area contributed by atoms with Gasteiger partial charge in [0, 0.05) is 12.1 Å². The van der Waals surface area contributed by atoms with Crippen LogP contribution >= 0.6 is 0 Å². The lowest BCUT2D eigenvalue weighted by Crippen LogP contribution is -2.22. The Kier molecular flexibility index (Phi) is 5.85. The van der Waals surface area contributed by atoms with E-state index in [0.717, 1.165) is 5.56 Å². The quantitative estimate of drug-likeness (QED) is 0.195. The zero-order chi connectivity index (χ0) is 15.2. The molecule has 0 fully saturated rings. The van der Waals surface area contributed by atoms with Crippen molar-refractivity contribution in [3.8, 4) is 0 Å². The Morgan fingerprint density at radius 3 is 2.21 bits per heavy atom. The largest absolute Gasteiger partial charge is 0.394 e. The minimum absolute atomic E-state index is 0.0319. The summed E-state index contributed by atoms with van der Waals surface area (Å²) in [6.07, 6.45) is 0. The van der Waals surface area contributed by atoms with Crippen molar-refractivity contribution >= 4 is 27.7 Å². The summed E-state index contributed by atoms with van der Waals surface area (Å²) in [7, 11) is -4.67. The van der Waals surface area contributed by atoms with Crippen LogP contribution in [0.3, 0.4) is 0 Å². The lowest BCUT2D eigenvalue weighted by atomic mass is 10.2. The van der Waals surface area contributed by atoms with Crippen LogP contribution in [0.4, 0.5) is 11.4 Å². The summed E-state index contributed by atoms with van der Waals surface area (Å²) in [6, 6.07) is 4.33. The minimum atomic E-state index is -4.67. The van der Waals surface area contributed by atoms with Gasteiger partial charge in [-0.25, -0.2) is 4.99 Å². The molecule has 0 aliphatic carbocycles. The molecule has 0 aromatic heterocycles. The maximum atomic E-state index is 10.4. The molecule has 11 heteroatoms. The highest BCUT2D eigenvalue weighted by molar-refractivity contribution is 7.79. The molecule has 1 rings (SSSR count). The summed E-state index contributed by atoms with van der Waals surface area (Å²) < 4.78 is 31.6.